The minimum Gasteiger partial charge on any atom is -0.496 e. The lowest BCUT2D eigenvalue weighted by Crippen LogP contribution is -2.12. The van der Waals surface area contributed by atoms with Gasteiger partial charge in [-0.15, -0.1) is 0 Å². The molecule has 1 atom stereocenters. The number of rotatable bonds is 10. The highest BCUT2D eigenvalue weighted by atomic mass is 32.2. The van der Waals surface area contributed by atoms with E-state index >= 15 is 0 Å². The van der Waals surface area contributed by atoms with Crippen molar-refractivity contribution < 1.29 is 8.95 Å². The van der Waals surface area contributed by atoms with Crippen LogP contribution >= 0.6 is 0 Å². The van der Waals surface area contributed by atoms with E-state index in [0.717, 1.165) is 43.0 Å². The Morgan fingerprint density at radius 2 is 2.05 bits per heavy atom. The number of ether oxygens (including phenoxy) is 1. The molecule has 1 N–H and O–H groups in total. The lowest BCUT2D eigenvalue weighted by molar-refractivity contribution is 0.411. The maximum absolute atomic E-state index is 12.1. The predicted molar refractivity (Wildman–Crippen MR) is 86.6 cm³/mol. The van der Waals surface area contributed by atoms with Gasteiger partial charge in [0.15, 0.2) is 0 Å². The SMILES string of the molecule is CCCCCS(=O)Cc1cc(CNCC)ccc1OC. The maximum Gasteiger partial charge on any atom is 0.123 e. The van der Waals surface area contributed by atoms with Crippen LogP contribution in [0.5, 0.6) is 5.75 Å². The van der Waals surface area contributed by atoms with Crippen LogP contribution in [0.2, 0.25) is 0 Å². The first-order valence-corrected chi connectivity index (χ1v) is 8.91. The van der Waals surface area contributed by atoms with Crippen LogP contribution < -0.4 is 10.1 Å². The fraction of sp³-hybridized carbons (Fsp3) is 0.625. The normalized spacial score (nSPS) is 12.3. The maximum atomic E-state index is 12.1. The first-order chi connectivity index (χ1) is 9.71. The van der Waals surface area contributed by atoms with Gasteiger partial charge >= 0.3 is 0 Å². The van der Waals surface area contributed by atoms with E-state index in [0.29, 0.717) is 5.75 Å². The number of unbranched alkanes of at least 4 members (excludes halogenated alkanes) is 2. The van der Waals surface area contributed by atoms with Crippen molar-refractivity contribution in [1.82, 2.24) is 5.32 Å². The minimum absolute atomic E-state index is 0.590. The summed E-state index contributed by atoms with van der Waals surface area (Å²) in [5.41, 5.74) is 2.27. The van der Waals surface area contributed by atoms with Crippen LogP contribution in [-0.2, 0) is 23.1 Å². The Morgan fingerprint density at radius 1 is 1.25 bits per heavy atom. The molecule has 1 rings (SSSR count). The zero-order chi connectivity index (χ0) is 14.8. The number of benzene rings is 1. The predicted octanol–water partition coefficient (Wildman–Crippen LogP) is 3.24. The van der Waals surface area contributed by atoms with Crippen LogP contribution in [0.3, 0.4) is 0 Å². The van der Waals surface area contributed by atoms with Gasteiger partial charge in [-0.2, -0.15) is 0 Å². The largest absolute Gasteiger partial charge is 0.496 e. The van der Waals surface area contributed by atoms with Crippen LogP contribution in [0.25, 0.3) is 0 Å². The second-order valence-corrected chi connectivity index (χ2v) is 6.50. The van der Waals surface area contributed by atoms with Gasteiger partial charge < -0.3 is 10.1 Å². The van der Waals surface area contributed by atoms with Gasteiger partial charge in [0.05, 0.1) is 12.9 Å². The van der Waals surface area contributed by atoms with E-state index in [4.69, 9.17) is 4.74 Å². The quantitative estimate of drug-likeness (QED) is 0.674. The van der Waals surface area contributed by atoms with Gasteiger partial charge in [0.1, 0.15) is 5.75 Å². The van der Waals surface area contributed by atoms with Crippen molar-refractivity contribution in [2.24, 2.45) is 0 Å². The first-order valence-electron chi connectivity index (χ1n) is 7.42. The van der Waals surface area contributed by atoms with Gasteiger partial charge in [-0.05, 0) is 30.7 Å². The smallest absolute Gasteiger partial charge is 0.123 e. The third-order valence-electron chi connectivity index (χ3n) is 3.22. The molecule has 0 saturated carbocycles. The highest BCUT2D eigenvalue weighted by molar-refractivity contribution is 7.84. The van der Waals surface area contributed by atoms with Crippen LogP contribution in [0, 0.1) is 0 Å². The second kappa shape index (κ2) is 9.94. The summed E-state index contributed by atoms with van der Waals surface area (Å²) in [6, 6.07) is 6.15. The average Bonchev–Trinajstić information content (AvgIpc) is 2.45. The summed E-state index contributed by atoms with van der Waals surface area (Å²) in [5, 5.41) is 3.31. The molecule has 0 aliphatic heterocycles. The molecule has 0 aliphatic rings. The van der Waals surface area contributed by atoms with Crippen LogP contribution in [0.4, 0.5) is 0 Å². The Bertz CT molecular complexity index is 421. The van der Waals surface area contributed by atoms with E-state index in [1.165, 1.54) is 12.0 Å². The summed E-state index contributed by atoms with van der Waals surface area (Å²) in [7, 11) is 0.871. The summed E-state index contributed by atoms with van der Waals surface area (Å²) in [5.74, 6) is 2.22. The Morgan fingerprint density at radius 3 is 2.70 bits per heavy atom. The zero-order valence-corrected chi connectivity index (χ0v) is 13.7. The molecule has 20 heavy (non-hydrogen) atoms. The molecule has 3 nitrogen and oxygen atoms in total. The van der Waals surface area contributed by atoms with Crippen LogP contribution in [0.1, 0.15) is 44.2 Å². The fourth-order valence-electron chi connectivity index (χ4n) is 2.08. The number of methoxy groups -OCH3 is 1. The Labute approximate surface area is 125 Å². The van der Waals surface area contributed by atoms with Crippen molar-refractivity contribution in [3.63, 3.8) is 0 Å². The van der Waals surface area contributed by atoms with Crippen LogP contribution in [0.15, 0.2) is 18.2 Å². The molecule has 1 aromatic carbocycles. The van der Waals surface area contributed by atoms with E-state index in [1.807, 2.05) is 6.07 Å². The molecule has 0 aromatic heterocycles. The van der Waals surface area contributed by atoms with Crippen molar-refractivity contribution in [3.8, 4) is 5.75 Å². The van der Waals surface area contributed by atoms with Crippen LogP contribution in [-0.4, -0.2) is 23.6 Å². The number of hydrogen-bond donors (Lipinski definition) is 1. The standard InChI is InChI=1S/C16H27NO2S/c1-4-6-7-10-20(18)13-15-11-14(12-17-5-2)8-9-16(15)19-3/h8-9,11,17H,4-7,10,12-13H2,1-3H3. The second-order valence-electron chi connectivity index (χ2n) is 4.92. The first kappa shape index (κ1) is 17.2. The van der Waals surface area contributed by atoms with Gasteiger partial charge in [-0.25, -0.2) is 0 Å². The highest BCUT2D eigenvalue weighted by Gasteiger charge is 2.08. The van der Waals surface area contributed by atoms with Crippen molar-refractivity contribution in [3.05, 3.63) is 29.3 Å². The van der Waals surface area contributed by atoms with Crippen molar-refractivity contribution in [2.45, 2.75) is 45.4 Å². The Kier molecular flexibility index (Phi) is 8.54. The summed E-state index contributed by atoms with van der Waals surface area (Å²) < 4.78 is 17.5. The molecule has 114 valence electrons. The molecular formula is C16H27NO2S. The molecule has 1 unspecified atom stereocenters. The Balaban J connectivity index is 2.67. The molecule has 1 aromatic rings. The monoisotopic (exact) mass is 297 g/mol. The zero-order valence-electron chi connectivity index (χ0n) is 12.9. The van der Waals surface area contributed by atoms with Gasteiger partial charge in [0, 0.05) is 28.7 Å². The molecule has 4 heteroatoms. The van der Waals surface area contributed by atoms with E-state index in [2.05, 4.69) is 31.3 Å². The molecule has 0 fully saturated rings. The van der Waals surface area contributed by atoms with E-state index in [-0.39, 0.29) is 0 Å². The Hall–Kier alpha value is -0.870. The van der Waals surface area contributed by atoms with Gasteiger partial charge in [0.2, 0.25) is 0 Å². The third-order valence-corrected chi connectivity index (χ3v) is 4.59. The summed E-state index contributed by atoms with van der Waals surface area (Å²) in [6.45, 7) is 6.05. The summed E-state index contributed by atoms with van der Waals surface area (Å²) >= 11 is 0. The molecule has 0 bridgehead atoms. The molecule has 0 amide bonds. The van der Waals surface area contributed by atoms with Crippen molar-refractivity contribution >= 4 is 10.8 Å². The van der Waals surface area contributed by atoms with Gasteiger partial charge in [0.25, 0.3) is 0 Å². The van der Waals surface area contributed by atoms with E-state index < -0.39 is 10.8 Å². The minimum atomic E-state index is -0.799. The lowest BCUT2D eigenvalue weighted by atomic mass is 10.1. The topological polar surface area (TPSA) is 38.3 Å². The molecule has 0 saturated heterocycles. The summed E-state index contributed by atoms with van der Waals surface area (Å²) in [4.78, 5) is 0. The number of hydrogen-bond acceptors (Lipinski definition) is 3. The van der Waals surface area contributed by atoms with E-state index in [9.17, 15) is 4.21 Å². The lowest BCUT2D eigenvalue weighted by Gasteiger charge is -2.11. The number of nitrogens with one attached hydrogen (secondary N) is 1. The summed E-state index contributed by atoms with van der Waals surface area (Å²) in [6.07, 6.45) is 3.37. The molecule has 0 aliphatic carbocycles. The third kappa shape index (κ3) is 6.06. The molecule has 0 heterocycles. The van der Waals surface area contributed by atoms with Crippen molar-refractivity contribution in [2.75, 3.05) is 19.4 Å². The van der Waals surface area contributed by atoms with Gasteiger partial charge in [-0.1, -0.05) is 32.8 Å². The highest BCUT2D eigenvalue weighted by Crippen LogP contribution is 2.22. The fourth-order valence-corrected chi connectivity index (χ4v) is 3.33. The average molecular weight is 297 g/mol. The van der Waals surface area contributed by atoms with Crippen molar-refractivity contribution in [1.29, 1.82) is 0 Å². The molecular weight excluding hydrogens is 270 g/mol. The molecule has 0 radical (unpaired) electrons. The van der Waals surface area contributed by atoms with E-state index in [1.54, 1.807) is 7.11 Å². The van der Waals surface area contributed by atoms with Gasteiger partial charge in [-0.3, -0.25) is 4.21 Å². The molecule has 0 spiro atoms.